The number of allylic oxidation sites excluding steroid dienone is 2. The largest absolute Gasteiger partial charge is 0.462 e. The summed E-state index contributed by atoms with van der Waals surface area (Å²) < 4.78 is 5.41. The van der Waals surface area contributed by atoms with Crippen molar-refractivity contribution >= 4 is 5.97 Å². The summed E-state index contributed by atoms with van der Waals surface area (Å²) in [6.07, 6.45) is 15.5. The van der Waals surface area contributed by atoms with Crippen LogP contribution in [0, 0.1) is 74.9 Å². The van der Waals surface area contributed by atoms with Crippen molar-refractivity contribution in [2.75, 3.05) is 0 Å². The molecular formula is C49H92O2. The zero-order chi connectivity index (χ0) is 39.7. The molecule has 0 spiro atoms. The smallest absolute Gasteiger partial charge is 0.302 e. The first-order valence-corrected chi connectivity index (χ1v) is 22.0. The molecular weight excluding hydrogens is 621 g/mol. The number of ether oxygens (including phenoxy) is 1. The van der Waals surface area contributed by atoms with Crippen molar-refractivity contribution in [3.8, 4) is 0 Å². The van der Waals surface area contributed by atoms with Crippen molar-refractivity contribution in [1.29, 1.82) is 0 Å². The zero-order valence-electron chi connectivity index (χ0n) is 38.0. The van der Waals surface area contributed by atoms with Gasteiger partial charge < -0.3 is 4.74 Å². The van der Waals surface area contributed by atoms with Crippen LogP contribution >= 0.6 is 0 Å². The van der Waals surface area contributed by atoms with Crippen LogP contribution in [-0.4, -0.2) is 12.1 Å². The second kappa shape index (κ2) is 20.0. The molecule has 2 heteroatoms. The van der Waals surface area contributed by atoms with E-state index in [-0.39, 0.29) is 12.1 Å². The van der Waals surface area contributed by atoms with Crippen LogP contribution in [0.5, 0.6) is 0 Å². The molecule has 0 N–H and O–H groups in total. The average Bonchev–Trinajstić information content (AvgIpc) is 3.11. The molecule has 4 saturated carbocycles. The Labute approximate surface area is 321 Å². The Morgan fingerprint density at radius 2 is 0.882 bits per heavy atom. The number of carbonyl (C=O) groups is 1. The highest BCUT2D eigenvalue weighted by atomic mass is 16.5. The fourth-order valence-corrected chi connectivity index (χ4v) is 10.8. The molecule has 3 unspecified atom stereocenters. The van der Waals surface area contributed by atoms with Gasteiger partial charge in [-0.05, 0) is 133 Å². The van der Waals surface area contributed by atoms with Crippen LogP contribution in [-0.2, 0) is 9.53 Å². The molecule has 0 saturated heterocycles. The molecule has 2 nitrogen and oxygen atoms in total. The lowest BCUT2D eigenvalue weighted by atomic mass is 9.58. The highest BCUT2D eigenvalue weighted by Crippen LogP contribution is 2.52. The number of esters is 1. The van der Waals surface area contributed by atoms with E-state index in [1.807, 2.05) is 0 Å². The molecule has 0 aromatic carbocycles. The molecule has 0 radical (unpaired) electrons. The van der Waals surface area contributed by atoms with Gasteiger partial charge in [0.05, 0.1) is 0 Å². The Kier molecular flexibility index (Phi) is 18.8. The van der Waals surface area contributed by atoms with E-state index in [0.717, 1.165) is 48.3 Å². The molecule has 0 bridgehead atoms. The van der Waals surface area contributed by atoms with E-state index in [9.17, 15) is 4.79 Å². The lowest BCUT2D eigenvalue weighted by Gasteiger charge is -2.48. The minimum Gasteiger partial charge on any atom is -0.462 e. The van der Waals surface area contributed by atoms with E-state index in [4.69, 9.17) is 4.74 Å². The molecule has 300 valence electrons. The van der Waals surface area contributed by atoms with Crippen molar-refractivity contribution < 1.29 is 9.53 Å². The Morgan fingerprint density at radius 1 is 0.549 bits per heavy atom. The van der Waals surface area contributed by atoms with Gasteiger partial charge in [0.2, 0.25) is 0 Å². The third-order valence-electron chi connectivity index (χ3n) is 18.3. The average molecular weight is 713 g/mol. The monoisotopic (exact) mass is 713 g/mol. The molecule has 4 aliphatic rings. The van der Waals surface area contributed by atoms with Crippen LogP contribution in [0.4, 0.5) is 0 Å². The molecule has 0 aromatic heterocycles. The normalized spacial score (nSPS) is 44.0. The molecule has 0 heterocycles. The van der Waals surface area contributed by atoms with E-state index < -0.39 is 0 Å². The van der Waals surface area contributed by atoms with Crippen LogP contribution in [0.25, 0.3) is 0 Å². The first-order chi connectivity index (χ1) is 23.5. The van der Waals surface area contributed by atoms with Crippen LogP contribution in [0.1, 0.15) is 202 Å². The Morgan fingerprint density at radius 3 is 1.20 bits per heavy atom. The standard InChI is InChI=1S/C13H24O2.C12H24.2C12H22/c1-6-13(5)9(2)7-8-12(10(13)3)15-11(4)14;3*1-6-12(5)10(3)8-7-9(2)11(12)4/h9-10,12H,6-8H2,1-5H3;9-11H,6-8H2,1-5H3;2*10-11H,2,6-8H2,1,3-5H3/t9-,10+,12+,13+;9-,10+,11-,12-;10-,11+,12+;/m101./s1. The van der Waals surface area contributed by atoms with Crippen LogP contribution in [0.15, 0.2) is 24.3 Å². The lowest BCUT2D eigenvalue weighted by Crippen LogP contribution is -2.44. The lowest BCUT2D eigenvalue weighted by molar-refractivity contribution is -0.157. The number of hydrogen-bond donors (Lipinski definition) is 0. The van der Waals surface area contributed by atoms with Gasteiger partial charge in [-0.25, -0.2) is 0 Å². The van der Waals surface area contributed by atoms with Gasteiger partial charge in [0.15, 0.2) is 0 Å². The second-order valence-electron chi connectivity index (χ2n) is 19.7. The minimum absolute atomic E-state index is 0.128. The van der Waals surface area contributed by atoms with E-state index in [0.29, 0.717) is 39.4 Å². The summed E-state index contributed by atoms with van der Waals surface area (Å²) in [6.45, 7) is 50.1. The molecule has 0 aromatic rings. The van der Waals surface area contributed by atoms with E-state index in [1.54, 1.807) is 0 Å². The second-order valence-corrected chi connectivity index (χ2v) is 19.7. The van der Waals surface area contributed by atoms with Crippen molar-refractivity contribution in [1.82, 2.24) is 0 Å². The number of rotatable bonds is 5. The SMILES string of the molecule is C=C1CCC(C)C(C)(CC)C1C.C=C1CC[C@@H](C)[C@](C)(CC)[C@H]1C.CC[C@@]1(C)[C@H](C)CC[C@H](C)[C@@H]1C.CC[C@@]1(C)[C@H](C)CC[C@H](OC(C)=O)[C@@H]1C. The topological polar surface area (TPSA) is 26.3 Å². The number of carbonyl (C=O) groups excluding carboxylic acids is 1. The molecule has 14 atom stereocenters. The van der Waals surface area contributed by atoms with E-state index in [1.165, 1.54) is 82.3 Å². The van der Waals surface area contributed by atoms with Crippen molar-refractivity contribution in [3.05, 3.63) is 24.3 Å². The summed E-state index contributed by atoms with van der Waals surface area (Å²) in [5, 5.41) is 0. The van der Waals surface area contributed by atoms with Gasteiger partial charge in [0, 0.05) is 6.92 Å². The summed E-state index contributed by atoms with van der Waals surface area (Å²) in [5.41, 5.74) is 4.88. The summed E-state index contributed by atoms with van der Waals surface area (Å²) in [7, 11) is 0. The maximum atomic E-state index is 11.0. The summed E-state index contributed by atoms with van der Waals surface area (Å²) in [6, 6.07) is 0. The van der Waals surface area contributed by atoms with Gasteiger partial charge >= 0.3 is 5.97 Å². The van der Waals surface area contributed by atoms with Crippen molar-refractivity contribution in [2.24, 2.45) is 74.9 Å². The van der Waals surface area contributed by atoms with Crippen molar-refractivity contribution in [2.45, 2.75) is 208 Å². The minimum atomic E-state index is -0.139. The first kappa shape index (κ1) is 48.0. The first-order valence-electron chi connectivity index (χ1n) is 22.0. The van der Waals surface area contributed by atoms with E-state index in [2.05, 4.69) is 131 Å². The number of hydrogen-bond acceptors (Lipinski definition) is 2. The fourth-order valence-electron chi connectivity index (χ4n) is 10.8. The third-order valence-corrected chi connectivity index (χ3v) is 18.3. The maximum absolute atomic E-state index is 11.0. The van der Waals surface area contributed by atoms with Gasteiger partial charge in [-0.3, -0.25) is 4.79 Å². The van der Waals surface area contributed by atoms with Gasteiger partial charge in [-0.15, -0.1) is 0 Å². The molecule has 51 heavy (non-hydrogen) atoms. The summed E-state index contributed by atoms with van der Waals surface area (Å²) in [5.74, 6) is 6.98. The van der Waals surface area contributed by atoms with Gasteiger partial charge in [-0.1, -0.05) is 161 Å². The van der Waals surface area contributed by atoms with Crippen LogP contribution in [0.3, 0.4) is 0 Å². The van der Waals surface area contributed by atoms with Gasteiger partial charge in [0.25, 0.3) is 0 Å². The Bertz CT molecular complexity index is 1050. The maximum Gasteiger partial charge on any atom is 0.302 e. The highest BCUT2D eigenvalue weighted by Gasteiger charge is 2.45. The fraction of sp³-hybridized carbons (Fsp3) is 0.898. The van der Waals surface area contributed by atoms with E-state index >= 15 is 0 Å². The van der Waals surface area contributed by atoms with Crippen molar-refractivity contribution in [3.63, 3.8) is 0 Å². The Hall–Kier alpha value is -1.05. The van der Waals surface area contributed by atoms with Crippen LogP contribution < -0.4 is 0 Å². The molecule has 4 aliphatic carbocycles. The Balaban J connectivity index is 0.000000342. The highest BCUT2D eigenvalue weighted by molar-refractivity contribution is 5.66. The molecule has 4 fully saturated rings. The predicted octanol–water partition coefficient (Wildman–Crippen LogP) is 15.6. The summed E-state index contributed by atoms with van der Waals surface area (Å²) >= 11 is 0. The van der Waals surface area contributed by atoms with Gasteiger partial charge in [0.1, 0.15) is 6.10 Å². The molecule has 0 amide bonds. The van der Waals surface area contributed by atoms with Crippen LogP contribution in [0.2, 0.25) is 0 Å². The quantitative estimate of drug-likeness (QED) is 0.209. The molecule has 4 rings (SSSR count). The third kappa shape index (κ3) is 11.0. The van der Waals surface area contributed by atoms with Gasteiger partial charge in [-0.2, -0.15) is 0 Å². The summed E-state index contributed by atoms with van der Waals surface area (Å²) in [4.78, 5) is 11.0. The molecule has 0 aliphatic heterocycles. The predicted molar refractivity (Wildman–Crippen MR) is 227 cm³/mol. The zero-order valence-corrected chi connectivity index (χ0v) is 38.0.